The largest absolute Gasteiger partial charge is 0.309 e. The van der Waals surface area contributed by atoms with Gasteiger partial charge in [0.1, 0.15) is 0 Å². The molecule has 0 aromatic heterocycles. The summed E-state index contributed by atoms with van der Waals surface area (Å²) in [4.78, 5) is 0. The first-order valence-corrected chi connectivity index (χ1v) is 7.96. The van der Waals surface area contributed by atoms with E-state index < -0.39 is 0 Å². The van der Waals surface area contributed by atoms with Crippen molar-refractivity contribution in [1.29, 1.82) is 0 Å². The van der Waals surface area contributed by atoms with E-state index in [1.807, 2.05) is 0 Å². The van der Waals surface area contributed by atoms with Crippen LogP contribution in [0, 0.1) is 12.3 Å². The van der Waals surface area contributed by atoms with E-state index in [1.165, 1.54) is 49.7 Å². The van der Waals surface area contributed by atoms with Crippen LogP contribution < -0.4 is 5.32 Å². The van der Waals surface area contributed by atoms with Crippen molar-refractivity contribution >= 4 is 0 Å². The third-order valence-corrected chi connectivity index (χ3v) is 4.67. The topological polar surface area (TPSA) is 12.0 Å². The summed E-state index contributed by atoms with van der Waals surface area (Å²) in [6.07, 6.45) is 8.15. The lowest BCUT2D eigenvalue weighted by Crippen LogP contribution is -2.38. The van der Waals surface area contributed by atoms with Crippen molar-refractivity contribution in [2.24, 2.45) is 5.41 Å². The van der Waals surface area contributed by atoms with Gasteiger partial charge in [-0.2, -0.15) is 0 Å². The number of rotatable bonds is 5. The molecule has 1 N–H and O–H groups in total. The highest BCUT2D eigenvalue weighted by Gasteiger charge is 2.35. The third kappa shape index (κ3) is 3.60. The molecule has 1 aromatic carbocycles. The molecule has 1 aliphatic rings. The minimum absolute atomic E-state index is 0.432. The van der Waals surface area contributed by atoms with E-state index in [9.17, 15) is 0 Å². The van der Waals surface area contributed by atoms with Crippen LogP contribution in [-0.2, 0) is 0 Å². The first-order valence-electron chi connectivity index (χ1n) is 7.96. The van der Waals surface area contributed by atoms with Gasteiger partial charge in [-0.3, -0.25) is 0 Å². The van der Waals surface area contributed by atoms with Crippen molar-refractivity contribution in [1.82, 2.24) is 5.32 Å². The van der Waals surface area contributed by atoms with Crippen LogP contribution in [0.1, 0.15) is 69.5 Å². The quantitative estimate of drug-likeness (QED) is 0.784. The van der Waals surface area contributed by atoms with Crippen LogP contribution in [0.3, 0.4) is 0 Å². The predicted molar refractivity (Wildman–Crippen MR) is 83.4 cm³/mol. The molecule has 1 fully saturated rings. The molecule has 0 heterocycles. The number of aryl methyl sites for hydroxylation is 1. The van der Waals surface area contributed by atoms with Gasteiger partial charge in [0.15, 0.2) is 0 Å². The second-order valence-corrected chi connectivity index (χ2v) is 6.52. The lowest BCUT2D eigenvalue weighted by atomic mass is 9.68. The summed E-state index contributed by atoms with van der Waals surface area (Å²) < 4.78 is 0. The number of benzene rings is 1. The van der Waals surface area contributed by atoms with Gasteiger partial charge in [0, 0.05) is 6.04 Å². The van der Waals surface area contributed by atoms with Crippen molar-refractivity contribution in [2.45, 2.75) is 65.3 Å². The summed E-state index contributed by atoms with van der Waals surface area (Å²) in [6, 6.07) is 9.60. The van der Waals surface area contributed by atoms with E-state index in [1.54, 1.807) is 0 Å². The number of nitrogens with one attached hydrogen (secondary N) is 1. The molecule has 0 bridgehead atoms. The smallest absolute Gasteiger partial charge is 0.0374 e. The Labute approximate surface area is 118 Å². The van der Waals surface area contributed by atoms with E-state index >= 15 is 0 Å². The fraction of sp³-hybridized carbons (Fsp3) is 0.667. The third-order valence-electron chi connectivity index (χ3n) is 4.67. The zero-order valence-corrected chi connectivity index (χ0v) is 12.8. The monoisotopic (exact) mass is 259 g/mol. The molecular formula is C18H29N. The highest BCUT2D eigenvalue weighted by Crippen LogP contribution is 2.45. The fourth-order valence-corrected chi connectivity index (χ4v) is 3.55. The normalized spacial score (nSPS) is 20.2. The van der Waals surface area contributed by atoms with Gasteiger partial charge in [-0.15, -0.1) is 0 Å². The Morgan fingerprint density at radius 2 is 1.95 bits per heavy atom. The van der Waals surface area contributed by atoms with Gasteiger partial charge in [0.05, 0.1) is 0 Å². The van der Waals surface area contributed by atoms with Crippen LogP contribution in [0.25, 0.3) is 0 Å². The summed E-state index contributed by atoms with van der Waals surface area (Å²) >= 11 is 0. The van der Waals surface area contributed by atoms with Gasteiger partial charge in [-0.1, -0.05) is 62.9 Å². The number of hydrogen-bond donors (Lipinski definition) is 1. The van der Waals surface area contributed by atoms with Crippen molar-refractivity contribution in [3.05, 3.63) is 35.4 Å². The van der Waals surface area contributed by atoms with E-state index in [0.29, 0.717) is 11.5 Å². The van der Waals surface area contributed by atoms with Crippen molar-refractivity contribution < 1.29 is 0 Å². The maximum Gasteiger partial charge on any atom is 0.0374 e. The number of hydrogen-bond acceptors (Lipinski definition) is 1. The molecule has 2 rings (SSSR count). The van der Waals surface area contributed by atoms with Gasteiger partial charge >= 0.3 is 0 Å². The molecule has 0 aliphatic heterocycles. The molecular weight excluding hydrogens is 230 g/mol. The highest BCUT2D eigenvalue weighted by atomic mass is 14.9. The maximum atomic E-state index is 3.82. The Balaban J connectivity index is 2.24. The van der Waals surface area contributed by atoms with Crippen LogP contribution >= 0.6 is 0 Å². The molecule has 0 saturated heterocycles. The van der Waals surface area contributed by atoms with E-state index in [2.05, 4.69) is 50.4 Å². The van der Waals surface area contributed by atoms with Gasteiger partial charge < -0.3 is 5.32 Å². The Hall–Kier alpha value is -0.820. The zero-order valence-electron chi connectivity index (χ0n) is 12.8. The molecule has 0 spiro atoms. The SMILES string of the molecule is CCCNC(c1cccc(C)c1)C1(C)CCCCC1. The van der Waals surface area contributed by atoms with Crippen LogP contribution in [0.5, 0.6) is 0 Å². The zero-order chi connectivity index (χ0) is 13.7. The Morgan fingerprint density at radius 1 is 1.21 bits per heavy atom. The van der Waals surface area contributed by atoms with E-state index in [0.717, 1.165) is 6.54 Å². The van der Waals surface area contributed by atoms with Crippen LogP contribution in [0.15, 0.2) is 24.3 Å². The van der Waals surface area contributed by atoms with Gasteiger partial charge in [0.2, 0.25) is 0 Å². The summed E-state index contributed by atoms with van der Waals surface area (Å²) in [5.74, 6) is 0. The minimum atomic E-state index is 0.432. The van der Waals surface area contributed by atoms with E-state index in [-0.39, 0.29) is 0 Å². The Kier molecular flexibility index (Phi) is 5.04. The second kappa shape index (κ2) is 6.56. The average Bonchev–Trinajstić information content (AvgIpc) is 2.40. The lowest BCUT2D eigenvalue weighted by molar-refractivity contribution is 0.144. The molecule has 106 valence electrons. The summed E-state index contributed by atoms with van der Waals surface area (Å²) in [7, 11) is 0. The molecule has 1 atom stereocenters. The van der Waals surface area contributed by atoms with Gasteiger partial charge in [0.25, 0.3) is 0 Å². The van der Waals surface area contributed by atoms with Gasteiger partial charge in [-0.25, -0.2) is 0 Å². The lowest BCUT2D eigenvalue weighted by Gasteiger charge is -2.42. The molecule has 1 nitrogen and oxygen atoms in total. The predicted octanol–water partition coefficient (Wildman–Crippen LogP) is 5.01. The first-order chi connectivity index (χ1) is 9.15. The molecule has 1 unspecified atom stereocenters. The first kappa shape index (κ1) is 14.6. The summed E-state index contributed by atoms with van der Waals surface area (Å²) in [6.45, 7) is 8.06. The molecule has 0 amide bonds. The van der Waals surface area contributed by atoms with Crippen molar-refractivity contribution in [3.8, 4) is 0 Å². The average molecular weight is 259 g/mol. The van der Waals surface area contributed by atoms with Crippen molar-refractivity contribution in [3.63, 3.8) is 0 Å². The molecule has 1 saturated carbocycles. The fourth-order valence-electron chi connectivity index (χ4n) is 3.55. The maximum absolute atomic E-state index is 3.82. The minimum Gasteiger partial charge on any atom is -0.309 e. The molecule has 1 heteroatoms. The molecule has 1 aromatic rings. The Morgan fingerprint density at radius 3 is 2.58 bits per heavy atom. The second-order valence-electron chi connectivity index (χ2n) is 6.52. The Bertz CT molecular complexity index is 390. The van der Waals surface area contributed by atoms with Crippen LogP contribution in [0.2, 0.25) is 0 Å². The van der Waals surface area contributed by atoms with E-state index in [4.69, 9.17) is 0 Å². The van der Waals surface area contributed by atoms with Crippen LogP contribution in [-0.4, -0.2) is 6.54 Å². The summed E-state index contributed by atoms with van der Waals surface area (Å²) in [5, 5.41) is 3.82. The molecule has 19 heavy (non-hydrogen) atoms. The molecule has 0 radical (unpaired) electrons. The molecule has 1 aliphatic carbocycles. The standard InChI is InChI=1S/C18H29N/c1-4-13-19-17(16-10-8-9-15(2)14-16)18(3)11-6-5-7-12-18/h8-10,14,17,19H,4-7,11-13H2,1-3H3. The van der Waals surface area contributed by atoms with Crippen molar-refractivity contribution in [2.75, 3.05) is 6.54 Å². The highest BCUT2D eigenvalue weighted by molar-refractivity contribution is 5.27. The summed E-state index contributed by atoms with van der Waals surface area (Å²) in [5.41, 5.74) is 3.29. The van der Waals surface area contributed by atoms with Gasteiger partial charge in [-0.05, 0) is 43.7 Å². The van der Waals surface area contributed by atoms with Crippen LogP contribution in [0.4, 0.5) is 0 Å².